The summed E-state index contributed by atoms with van der Waals surface area (Å²) in [6, 6.07) is 3.94. The molecule has 2 aromatic rings. The van der Waals surface area contributed by atoms with E-state index < -0.39 is 23.6 Å². The first-order chi connectivity index (χ1) is 10.8. The predicted octanol–water partition coefficient (Wildman–Crippen LogP) is 3.33. The molecule has 0 atom stereocenters. The minimum atomic E-state index is -4.57. The van der Waals surface area contributed by atoms with Crippen LogP contribution in [0, 0.1) is 11.6 Å². The van der Waals surface area contributed by atoms with Crippen molar-refractivity contribution in [2.24, 2.45) is 0 Å². The highest BCUT2D eigenvalue weighted by Gasteiger charge is 2.35. The Kier molecular flexibility index (Phi) is 4.01. The Hall–Kier alpha value is -2.09. The average Bonchev–Trinajstić information content (AvgIpc) is 2.50. The molecule has 23 heavy (non-hydrogen) atoms. The molecule has 1 aliphatic heterocycles. The molecule has 2 heterocycles. The zero-order chi connectivity index (χ0) is 16.6. The molecule has 0 N–H and O–H groups in total. The molecule has 122 valence electrons. The number of rotatable bonds is 2. The van der Waals surface area contributed by atoms with Crippen LogP contribution < -0.4 is 0 Å². The van der Waals surface area contributed by atoms with Crippen molar-refractivity contribution >= 4 is 0 Å². The number of fused-ring (bicyclic) bond motifs is 1. The third-order valence-corrected chi connectivity index (χ3v) is 3.69. The molecule has 0 fully saturated rings. The lowest BCUT2D eigenvalue weighted by Crippen LogP contribution is -2.32. The number of nitrogens with zero attached hydrogens (tertiary/aromatic N) is 3. The maximum atomic E-state index is 13.7. The fraction of sp³-hybridized carbons (Fsp3) is 0.333. The van der Waals surface area contributed by atoms with Gasteiger partial charge in [0.2, 0.25) is 5.82 Å². The number of aromatic nitrogens is 2. The SMILES string of the molecule is Fc1cccc(CN2CCc3nc(C(F)(F)F)ncc3C2)c1F. The van der Waals surface area contributed by atoms with Gasteiger partial charge in [-0.3, -0.25) is 4.90 Å². The van der Waals surface area contributed by atoms with Crippen LogP contribution in [0.15, 0.2) is 24.4 Å². The largest absolute Gasteiger partial charge is 0.451 e. The molecule has 1 aliphatic rings. The molecular weight excluding hydrogens is 317 g/mol. The van der Waals surface area contributed by atoms with Crippen LogP contribution in [0.5, 0.6) is 0 Å². The average molecular weight is 329 g/mol. The Morgan fingerprint density at radius 2 is 1.96 bits per heavy atom. The minimum absolute atomic E-state index is 0.171. The Labute approximate surface area is 128 Å². The molecule has 0 aliphatic carbocycles. The van der Waals surface area contributed by atoms with Gasteiger partial charge in [0, 0.05) is 43.4 Å². The van der Waals surface area contributed by atoms with Gasteiger partial charge in [0.05, 0.1) is 5.69 Å². The maximum Gasteiger partial charge on any atom is 0.451 e. The van der Waals surface area contributed by atoms with Gasteiger partial charge in [-0.05, 0) is 6.07 Å². The number of hydrogen-bond acceptors (Lipinski definition) is 3. The molecule has 1 aromatic heterocycles. The smallest absolute Gasteiger partial charge is 0.294 e. The van der Waals surface area contributed by atoms with E-state index in [-0.39, 0.29) is 12.1 Å². The number of halogens is 5. The molecule has 0 saturated carbocycles. The molecule has 0 saturated heterocycles. The summed E-state index contributed by atoms with van der Waals surface area (Å²) in [5.41, 5.74) is 1.13. The first-order valence-corrected chi connectivity index (χ1v) is 6.92. The molecule has 0 radical (unpaired) electrons. The first-order valence-electron chi connectivity index (χ1n) is 6.92. The van der Waals surface area contributed by atoms with Gasteiger partial charge >= 0.3 is 6.18 Å². The van der Waals surface area contributed by atoms with E-state index in [1.54, 1.807) is 0 Å². The van der Waals surface area contributed by atoms with E-state index in [0.717, 1.165) is 12.3 Å². The second-order valence-corrected chi connectivity index (χ2v) is 5.34. The lowest BCUT2D eigenvalue weighted by atomic mass is 10.1. The fourth-order valence-corrected chi connectivity index (χ4v) is 2.56. The molecule has 8 heteroatoms. The van der Waals surface area contributed by atoms with Crippen molar-refractivity contribution in [3.63, 3.8) is 0 Å². The molecule has 0 bridgehead atoms. The van der Waals surface area contributed by atoms with Crippen LogP contribution >= 0.6 is 0 Å². The summed E-state index contributed by atoms with van der Waals surface area (Å²) in [7, 11) is 0. The van der Waals surface area contributed by atoms with Crippen LogP contribution in [-0.4, -0.2) is 21.4 Å². The van der Waals surface area contributed by atoms with Crippen molar-refractivity contribution in [3.8, 4) is 0 Å². The topological polar surface area (TPSA) is 29.0 Å². The predicted molar refractivity (Wildman–Crippen MR) is 71.2 cm³/mol. The Bertz CT molecular complexity index is 730. The highest BCUT2D eigenvalue weighted by atomic mass is 19.4. The quantitative estimate of drug-likeness (QED) is 0.792. The van der Waals surface area contributed by atoms with E-state index in [1.165, 1.54) is 12.1 Å². The maximum absolute atomic E-state index is 13.7. The van der Waals surface area contributed by atoms with Gasteiger partial charge in [-0.25, -0.2) is 18.7 Å². The fourth-order valence-electron chi connectivity index (χ4n) is 2.56. The van der Waals surface area contributed by atoms with Gasteiger partial charge in [0.15, 0.2) is 11.6 Å². The summed E-state index contributed by atoms with van der Waals surface area (Å²) >= 11 is 0. The van der Waals surface area contributed by atoms with Crippen molar-refractivity contribution in [2.45, 2.75) is 25.7 Å². The first kappa shape index (κ1) is 15.8. The molecule has 3 nitrogen and oxygen atoms in total. The second-order valence-electron chi connectivity index (χ2n) is 5.34. The van der Waals surface area contributed by atoms with E-state index in [1.807, 2.05) is 4.90 Å². The number of benzene rings is 1. The standard InChI is InChI=1S/C15H12F5N3/c16-11-3-1-2-9(13(11)17)7-23-5-4-12-10(8-23)6-21-14(22-12)15(18,19)20/h1-3,6H,4-5,7-8H2. The normalized spacial score (nSPS) is 15.5. The van der Waals surface area contributed by atoms with Gasteiger partial charge < -0.3 is 0 Å². The summed E-state index contributed by atoms with van der Waals surface area (Å²) in [6.07, 6.45) is -3.12. The van der Waals surface area contributed by atoms with Crippen LogP contribution in [0.25, 0.3) is 0 Å². The molecular formula is C15H12F5N3. The van der Waals surface area contributed by atoms with Crippen LogP contribution in [0.1, 0.15) is 22.6 Å². The summed E-state index contributed by atoms with van der Waals surface area (Å²) in [6.45, 7) is 0.880. The van der Waals surface area contributed by atoms with Crippen molar-refractivity contribution in [3.05, 3.63) is 58.7 Å². The van der Waals surface area contributed by atoms with Gasteiger partial charge in [0.25, 0.3) is 0 Å². The number of hydrogen-bond donors (Lipinski definition) is 0. The Balaban J connectivity index is 1.77. The van der Waals surface area contributed by atoms with Gasteiger partial charge in [-0.15, -0.1) is 0 Å². The van der Waals surface area contributed by atoms with E-state index in [9.17, 15) is 22.0 Å². The van der Waals surface area contributed by atoms with Crippen LogP contribution in [0.3, 0.4) is 0 Å². The summed E-state index contributed by atoms with van der Waals surface area (Å²) in [5, 5.41) is 0. The van der Waals surface area contributed by atoms with Crippen molar-refractivity contribution in [1.82, 2.24) is 14.9 Å². The van der Waals surface area contributed by atoms with Gasteiger partial charge in [-0.1, -0.05) is 12.1 Å². The summed E-state index contributed by atoms with van der Waals surface area (Å²) in [4.78, 5) is 8.72. The zero-order valence-corrected chi connectivity index (χ0v) is 11.9. The highest BCUT2D eigenvalue weighted by molar-refractivity contribution is 5.23. The molecule has 0 spiro atoms. The Morgan fingerprint density at radius 3 is 2.70 bits per heavy atom. The van der Waals surface area contributed by atoms with E-state index in [0.29, 0.717) is 30.8 Å². The summed E-state index contributed by atoms with van der Waals surface area (Å²) < 4.78 is 64.7. The van der Waals surface area contributed by atoms with Crippen LogP contribution in [0.2, 0.25) is 0 Å². The van der Waals surface area contributed by atoms with Crippen molar-refractivity contribution < 1.29 is 22.0 Å². The Morgan fingerprint density at radius 1 is 1.17 bits per heavy atom. The van der Waals surface area contributed by atoms with Crippen LogP contribution in [-0.2, 0) is 25.7 Å². The molecule has 3 rings (SSSR count). The molecule has 1 aromatic carbocycles. The summed E-state index contributed by atoms with van der Waals surface area (Å²) in [5.74, 6) is -2.97. The minimum Gasteiger partial charge on any atom is -0.294 e. The highest BCUT2D eigenvalue weighted by Crippen LogP contribution is 2.28. The second kappa shape index (κ2) is 5.84. The van der Waals surface area contributed by atoms with Crippen LogP contribution in [0.4, 0.5) is 22.0 Å². The van der Waals surface area contributed by atoms with E-state index >= 15 is 0 Å². The van der Waals surface area contributed by atoms with Crippen molar-refractivity contribution in [1.29, 1.82) is 0 Å². The number of alkyl halides is 3. The zero-order valence-electron chi connectivity index (χ0n) is 11.9. The van der Waals surface area contributed by atoms with Crippen molar-refractivity contribution in [2.75, 3.05) is 6.54 Å². The lowest BCUT2D eigenvalue weighted by molar-refractivity contribution is -0.145. The van der Waals surface area contributed by atoms with E-state index in [2.05, 4.69) is 9.97 Å². The molecule has 0 amide bonds. The third-order valence-electron chi connectivity index (χ3n) is 3.69. The molecule has 0 unspecified atom stereocenters. The third kappa shape index (κ3) is 3.31. The van der Waals surface area contributed by atoms with Gasteiger partial charge in [0.1, 0.15) is 0 Å². The monoisotopic (exact) mass is 329 g/mol. The van der Waals surface area contributed by atoms with Gasteiger partial charge in [-0.2, -0.15) is 13.2 Å². The van der Waals surface area contributed by atoms with E-state index in [4.69, 9.17) is 0 Å². The lowest BCUT2D eigenvalue weighted by Gasteiger charge is -2.28.